The van der Waals surface area contributed by atoms with Crippen molar-refractivity contribution in [1.82, 2.24) is 0 Å². The van der Waals surface area contributed by atoms with Crippen LogP contribution in [0.25, 0.3) is 0 Å². The van der Waals surface area contributed by atoms with E-state index in [-0.39, 0.29) is 24.8 Å². The zero-order valence-corrected chi connectivity index (χ0v) is 24.5. The van der Waals surface area contributed by atoms with Gasteiger partial charge in [-0.3, -0.25) is 0 Å². The summed E-state index contributed by atoms with van der Waals surface area (Å²) in [5, 5.41) is 0. The minimum Gasteiger partial charge on any atom is -1.00 e. The summed E-state index contributed by atoms with van der Waals surface area (Å²) in [5.41, 5.74) is 4.82. The van der Waals surface area contributed by atoms with Gasteiger partial charge in [0, 0.05) is 22.3 Å². The highest BCUT2D eigenvalue weighted by Gasteiger charge is 2.30. The molecular weight excluding hydrogens is 539 g/mol. The monoisotopic (exact) mass is 576 g/mol. The second kappa shape index (κ2) is 15.8. The molecule has 2 aliphatic heterocycles. The maximum absolute atomic E-state index is 5.66. The maximum atomic E-state index is 5.66. The minimum atomic E-state index is 0. The largest absolute Gasteiger partial charge is 1.00 e. The molecule has 0 spiro atoms. The second-order valence-electron chi connectivity index (χ2n) is 10.6. The predicted octanol–water partition coefficient (Wildman–Crippen LogP) is -1.51. The normalized spacial score (nSPS) is 17.0. The van der Waals surface area contributed by atoms with Crippen LogP contribution in [0.3, 0.4) is 0 Å². The van der Waals surface area contributed by atoms with Crippen LogP contribution >= 0.6 is 0 Å². The third-order valence-electron chi connectivity index (χ3n) is 7.74. The first-order valence-electron chi connectivity index (χ1n) is 13.7. The van der Waals surface area contributed by atoms with Crippen molar-refractivity contribution in [2.75, 3.05) is 65.7 Å². The molecule has 0 aromatic heterocycles. The van der Waals surface area contributed by atoms with Crippen LogP contribution in [0, 0.1) is 23.7 Å². The Morgan fingerprint density at radius 2 is 0.850 bits per heavy atom. The lowest BCUT2D eigenvalue weighted by Crippen LogP contribution is -3.00. The molecule has 40 heavy (non-hydrogen) atoms. The standard InChI is InChI=1S/C34H38N2O2.2ClH/c1-3-9-33(10-4-1)29-35(21-25-37-26-22-35)19-7-13-31-15-17-32(18-16-31)14-8-20-36(23-27-38-28-24-36)30-34-11-5-2-6-12-34;;/h1-6,9-12,15-18H,19-30H2;2*1H/q+2;;/p-2. The van der Waals surface area contributed by atoms with E-state index < -0.39 is 0 Å². The lowest BCUT2D eigenvalue weighted by Gasteiger charge is -2.40. The first-order chi connectivity index (χ1) is 18.7. The topological polar surface area (TPSA) is 18.5 Å². The van der Waals surface area contributed by atoms with Gasteiger partial charge < -0.3 is 43.3 Å². The summed E-state index contributed by atoms with van der Waals surface area (Å²) in [7, 11) is 0. The summed E-state index contributed by atoms with van der Waals surface area (Å²) in [5.74, 6) is 13.8. The van der Waals surface area contributed by atoms with E-state index in [0.717, 1.165) is 98.9 Å². The molecule has 2 aliphatic rings. The molecule has 0 N–H and O–H groups in total. The van der Waals surface area contributed by atoms with Crippen LogP contribution in [0.2, 0.25) is 0 Å². The van der Waals surface area contributed by atoms with E-state index in [1.807, 2.05) is 0 Å². The van der Waals surface area contributed by atoms with Crippen molar-refractivity contribution in [3.63, 3.8) is 0 Å². The third-order valence-corrected chi connectivity index (χ3v) is 7.74. The summed E-state index contributed by atoms with van der Waals surface area (Å²) in [6, 6.07) is 29.9. The van der Waals surface area contributed by atoms with Gasteiger partial charge in [0.2, 0.25) is 0 Å². The maximum Gasteiger partial charge on any atom is 0.141 e. The van der Waals surface area contributed by atoms with Gasteiger partial charge in [0.05, 0.1) is 26.4 Å². The van der Waals surface area contributed by atoms with Gasteiger partial charge in [0.25, 0.3) is 0 Å². The summed E-state index contributed by atoms with van der Waals surface area (Å²) < 4.78 is 13.3. The molecular formula is C34H38Cl2N2O2. The fraction of sp³-hybridized carbons (Fsp3) is 0.353. The number of halogens is 2. The van der Waals surface area contributed by atoms with Crippen molar-refractivity contribution in [2.24, 2.45) is 0 Å². The van der Waals surface area contributed by atoms with Crippen LogP contribution in [0.1, 0.15) is 22.3 Å². The highest BCUT2D eigenvalue weighted by atomic mass is 35.5. The number of ether oxygens (including phenoxy) is 2. The van der Waals surface area contributed by atoms with Crippen LogP contribution in [0.5, 0.6) is 0 Å². The van der Waals surface area contributed by atoms with Crippen molar-refractivity contribution in [1.29, 1.82) is 0 Å². The summed E-state index contributed by atoms with van der Waals surface area (Å²) in [6.07, 6.45) is 0. The van der Waals surface area contributed by atoms with Gasteiger partial charge in [0.15, 0.2) is 0 Å². The molecule has 4 nitrogen and oxygen atoms in total. The first kappa shape index (κ1) is 31.7. The number of benzene rings is 3. The van der Waals surface area contributed by atoms with E-state index in [4.69, 9.17) is 9.47 Å². The van der Waals surface area contributed by atoms with Crippen molar-refractivity contribution < 1.29 is 43.3 Å². The molecule has 0 unspecified atom stereocenters. The Morgan fingerprint density at radius 1 is 0.500 bits per heavy atom. The molecule has 3 aromatic carbocycles. The highest BCUT2D eigenvalue weighted by Crippen LogP contribution is 2.18. The van der Waals surface area contributed by atoms with Crippen LogP contribution in [-0.2, 0) is 22.6 Å². The zero-order chi connectivity index (χ0) is 25.9. The van der Waals surface area contributed by atoms with Crippen LogP contribution in [-0.4, -0.2) is 74.7 Å². The van der Waals surface area contributed by atoms with Crippen molar-refractivity contribution in [3.05, 3.63) is 107 Å². The predicted molar refractivity (Wildman–Crippen MR) is 152 cm³/mol. The molecule has 6 heteroatoms. The van der Waals surface area contributed by atoms with E-state index in [2.05, 4.69) is 109 Å². The Kier molecular flexibility index (Phi) is 12.6. The molecule has 0 atom stereocenters. The van der Waals surface area contributed by atoms with Gasteiger partial charge in [-0.2, -0.15) is 0 Å². The number of hydrogen-bond donors (Lipinski definition) is 0. The highest BCUT2D eigenvalue weighted by molar-refractivity contribution is 5.42. The summed E-state index contributed by atoms with van der Waals surface area (Å²) >= 11 is 0. The van der Waals surface area contributed by atoms with Crippen LogP contribution in [0.15, 0.2) is 84.9 Å². The van der Waals surface area contributed by atoms with Gasteiger partial charge >= 0.3 is 0 Å². The van der Waals surface area contributed by atoms with Crippen molar-refractivity contribution in [3.8, 4) is 23.7 Å². The first-order valence-corrected chi connectivity index (χ1v) is 13.7. The Labute approximate surface area is 252 Å². The Bertz CT molecular complexity index is 1180. The molecule has 0 saturated carbocycles. The van der Waals surface area contributed by atoms with Crippen molar-refractivity contribution in [2.45, 2.75) is 13.1 Å². The molecule has 5 rings (SSSR count). The van der Waals surface area contributed by atoms with Crippen LogP contribution in [0.4, 0.5) is 0 Å². The molecule has 0 bridgehead atoms. The smallest absolute Gasteiger partial charge is 0.141 e. The molecule has 0 amide bonds. The van der Waals surface area contributed by atoms with Crippen molar-refractivity contribution >= 4 is 0 Å². The lowest BCUT2D eigenvalue weighted by atomic mass is 10.1. The Balaban J connectivity index is 0.00000220. The number of nitrogens with zero attached hydrogens (tertiary/aromatic N) is 2. The van der Waals surface area contributed by atoms with Gasteiger partial charge in [-0.25, -0.2) is 0 Å². The quantitative estimate of drug-likeness (QED) is 0.262. The Morgan fingerprint density at radius 3 is 1.20 bits per heavy atom. The number of hydrogen-bond acceptors (Lipinski definition) is 2. The molecule has 2 saturated heterocycles. The fourth-order valence-electron chi connectivity index (χ4n) is 5.40. The van der Waals surface area contributed by atoms with Gasteiger partial charge in [0.1, 0.15) is 52.4 Å². The lowest BCUT2D eigenvalue weighted by molar-refractivity contribution is -0.941. The van der Waals surface area contributed by atoms with Gasteiger partial charge in [-0.05, 0) is 36.1 Å². The molecule has 210 valence electrons. The van der Waals surface area contributed by atoms with E-state index in [0.29, 0.717) is 0 Å². The van der Waals surface area contributed by atoms with E-state index in [1.165, 1.54) is 11.1 Å². The number of morpholine rings is 2. The molecule has 3 aromatic rings. The van der Waals surface area contributed by atoms with E-state index >= 15 is 0 Å². The minimum absolute atomic E-state index is 0. The molecule has 0 aliphatic carbocycles. The van der Waals surface area contributed by atoms with Gasteiger partial charge in [-0.15, -0.1) is 0 Å². The van der Waals surface area contributed by atoms with Crippen LogP contribution < -0.4 is 24.8 Å². The SMILES string of the molecule is C(#Cc1ccc(C#CC[N+]2(Cc3ccccc3)CCOCC2)cc1)C[N+]1(Cc2ccccc2)CCOCC1.[Cl-].[Cl-]. The number of rotatable bonds is 6. The third kappa shape index (κ3) is 9.12. The fourth-order valence-corrected chi connectivity index (χ4v) is 5.40. The average Bonchev–Trinajstić information content (AvgIpc) is 2.96. The van der Waals surface area contributed by atoms with E-state index in [1.54, 1.807) is 0 Å². The van der Waals surface area contributed by atoms with E-state index in [9.17, 15) is 0 Å². The summed E-state index contributed by atoms with van der Waals surface area (Å²) in [4.78, 5) is 0. The Hall–Kier alpha value is -2.80. The summed E-state index contributed by atoms with van der Waals surface area (Å²) in [6.45, 7) is 10.9. The molecule has 2 fully saturated rings. The second-order valence-corrected chi connectivity index (χ2v) is 10.6. The zero-order valence-electron chi connectivity index (χ0n) is 23.0. The van der Waals surface area contributed by atoms with Gasteiger partial charge in [-0.1, -0.05) is 72.5 Å². The molecule has 2 heterocycles. The molecule has 0 radical (unpaired) electrons. The average molecular weight is 578 g/mol. The number of quaternary nitrogens is 2.